The fourth-order valence-electron chi connectivity index (χ4n) is 1.94. The van der Waals surface area contributed by atoms with Gasteiger partial charge in [-0.2, -0.15) is 0 Å². The summed E-state index contributed by atoms with van der Waals surface area (Å²) in [5.74, 6) is -0.188. The molecule has 2 aromatic carbocycles. The summed E-state index contributed by atoms with van der Waals surface area (Å²) in [6, 6.07) is 16.2. The van der Waals surface area contributed by atoms with Crippen LogP contribution in [0.1, 0.15) is 29.8 Å². The molecule has 2 N–H and O–H groups in total. The van der Waals surface area contributed by atoms with Crippen LogP contribution in [0.4, 0.5) is 0 Å². The van der Waals surface area contributed by atoms with Crippen LogP contribution in [0, 0.1) is 0 Å². The van der Waals surface area contributed by atoms with Gasteiger partial charge in [-0.15, -0.1) is 0 Å². The smallest absolute Gasteiger partial charge is 0.279 e. The van der Waals surface area contributed by atoms with Crippen LogP contribution in [0.2, 0.25) is 0 Å². The minimum Gasteiger partial charge on any atom is -0.481 e. The Hall–Kier alpha value is -2.82. The van der Waals surface area contributed by atoms with E-state index in [0.717, 1.165) is 6.42 Å². The molecular formula is C18H20N2O3. The second kappa shape index (κ2) is 7.98. The summed E-state index contributed by atoms with van der Waals surface area (Å²) in [5, 5.41) is 0. The molecule has 0 saturated carbocycles. The fourth-order valence-corrected chi connectivity index (χ4v) is 1.94. The molecular weight excluding hydrogens is 292 g/mol. The van der Waals surface area contributed by atoms with E-state index in [1.807, 2.05) is 30.3 Å². The van der Waals surface area contributed by atoms with Crippen LogP contribution in [0.3, 0.4) is 0 Å². The number of carbonyl (C=O) groups excluding carboxylic acids is 2. The summed E-state index contributed by atoms with van der Waals surface area (Å²) in [4.78, 5) is 23.8. The van der Waals surface area contributed by atoms with E-state index in [1.54, 1.807) is 31.2 Å². The molecule has 0 aliphatic rings. The summed E-state index contributed by atoms with van der Waals surface area (Å²) in [6.45, 7) is 3.69. The van der Waals surface area contributed by atoms with Gasteiger partial charge < -0.3 is 4.74 Å². The van der Waals surface area contributed by atoms with Crippen molar-refractivity contribution in [2.24, 2.45) is 0 Å². The lowest BCUT2D eigenvalue weighted by Gasteiger charge is -2.15. The van der Waals surface area contributed by atoms with Gasteiger partial charge in [0.15, 0.2) is 6.10 Å². The monoisotopic (exact) mass is 312 g/mol. The highest BCUT2D eigenvalue weighted by atomic mass is 16.5. The number of aryl methyl sites for hydroxylation is 1. The van der Waals surface area contributed by atoms with E-state index in [9.17, 15) is 9.59 Å². The Kier molecular flexibility index (Phi) is 5.74. The Labute approximate surface area is 135 Å². The zero-order chi connectivity index (χ0) is 16.7. The molecule has 1 atom stereocenters. The Morgan fingerprint density at radius 2 is 1.65 bits per heavy atom. The van der Waals surface area contributed by atoms with Crippen molar-refractivity contribution >= 4 is 11.8 Å². The van der Waals surface area contributed by atoms with Gasteiger partial charge in [0, 0.05) is 5.56 Å². The zero-order valence-electron chi connectivity index (χ0n) is 13.2. The van der Waals surface area contributed by atoms with Crippen LogP contribution in [0.25, 0.3) is 0 Å². The summed E-state index contributed by atoms with van der Waals surface area (Å²) in [5.41, 5.74) is 6.39. The van der Waals surface area contributed by atoms with Crippen LogP contribution in [0.5, 0.6) is 5.75 Å². The van der Waals surface area contributed by atoms with E-state index in [2.05, 4.69) is 17.8 Å². The molecule has 0 spiro atoms. The number of carbonyl (C=O) groups is 2. The van der Waals surface area contributed by atoms with E-state index < -0.39 is 12.0 Å². The van der Waals surface area contributed by atoms with E-state index >= 15 is 0 Å². The van der Waals surface area contributed by atoms with E-state index in [-0.39, 0.29) is 5.91 Å². The quantitative estimate of drug-likeness (QED) is 0.834. The van der Waals surface area contributed by atoms with Crippen LogP contribution >= 0.6 is 0 Å². The van der Waals surface area contributed by atoms with Crippen LogP contribution in [0.15, 0.2) is 54.6 Å². The molecule has 2 amide bonds. The van der Waals surface area contributed by atoms with Gasteiger partial charge in [-0.05, 0) is 43.2 Å². The summed E-state index contributed by atoms with van der Waals surface area (Å²) >= 11 is 0. The highest BCUT2D eigenvalue weighted by Crippen LogP contribution is 2.14. The van der Waals surface area contributed by atoms with E-state index in [0.29, 0.717) is 11.3 Å². The lowest BCUT2D eigenvalue weighted by molar-refractivity contribution is -0.128. The second-order valence-electron chi connectivity index (χ2n) is 5.07. The predicted molar refractivity (Wildman–Crippen MR) is 88.0 cm³/mol. The van der Waals surface area contributed by atoms with Gasteiger partial charge in [-0.25, -0.2) is 0 Å². The number of hydrogen-bond acceptors (Lipinski definition) is 3. The molecule has 2 aromatic rings. The average Bonchev–Trinajstić information content (AvgIpc) is 2.60. The minimum absolute atomic E-state index is 0.376. The summed E-state index contributed by atoms with van der Waals surface area (Å²) in [6.07, 6.45) is 0.223. The number of ether oxygens (including phenoxy) is 1. The third-order valence-corrected chi connectivity index (χ3v) is 3.35. The zero-order valence-corrected chi connectivity index (χ0v) is 13.2. The fraction of sp³-hybridized carbons (Fsp3) is 0.222. The average molecular weight is 312 g/mol. The van der Waals surface area contributed by atoms with Crippen molar-refractivity contribution in [1.82, 2.24) is 10.9 Å². The molecule has 23 heavy (non-hydrogen) atoms. The molecule has 0 aliphatic carbocycles. The predicted octanol–water partition coefficient (Wildman–Crippen LogP) is 2.48. The van der Waals surface area contributed by atoms with Crippen LogP contribution < -0.4 is 15.6 Å². The number of benzene rings is 2. The lowest BCUT2D eigenvalue weighted by atomic mass is 10.2. The molecule has 0 bridgehead atoms. The SMILES string of the molecule is CCc1ccc(OC(C)C(=O)NNC(=O)c2ccccc2)cc1. The Morgan fingerprint density at radius 3 is 2.26 bits per heavy atom. The Bertz CT molecular complexity index is 654. The minimum atomic E-state index is -0.724. The number of hydrogen-bond donors (Lipinski definition) is 2. The highest BCUT2D eigenvalue weighted by molar-refractivity contribution is 5.95. The molecule has 0 saturated heterocycles. The highest BCUT2D eigenvalue weighted by Gasteiger charge is 2.15. The summed E-state index contributed by atoms with van der Waals surface area (Å²) < 4.78 is 5.55. The van der Waals surface area contributed by atoms with Gasteiger partial charge >= 0.3 is 0 Å². The molecule has 1 unspecified atom stereocenters. The molecule has 5 heteroatoms. The third-order valence-electron chi connectivity index (χ3n) is 3.35. The first-order chi connectivity index (χ1) is 11.1. The van der Waals surface area contributed by atoms with Gasteiger partial charge in [0.2, 0.25) is 0 Å². The molecule has 0 fully saturated rings. The van der Waals surface area contributed by atoms with Gasteiger partial charge in [-0.1, -0.05) is 37.3 Å². The molecule has 120 valence electrons. The van der Waals surface area contributed by atoms with Crippen molar-refractivity contribution in [2.75, 3.05) is 0 Å². The van der Waals surface area contributed by atoms with E-state index in [1.165, 1.54) is 5.56 Å². The van der Waals surface area contributed by atoms with Crippen molar-refractivity contribution in [2.45, 2.75) is 26.4 Å². The van der Waals surface area contributed by atoms with Gasteiger partial charge in [0.25, 0.3) is 11.8 Å². The Morgan fingerprint density at radius 1 is 1.00 bits per heavy atom. The maximum atomic E-state index is 12.0. The standard InChI is InChI=1S/C18H20N2O3/c1-3-14-9-11-16(12-10-14)23-13(2)17(21)19-20-18(22)15-7-5-4-6-8-15/h4-13H,3H2,1-2H3,(H,19,21)(H,20,22). The second-order valence-corrected chi connectivity index (χ2v) is 5.07. The van der Waals surface area contributed by atoms with E-state index in [4.69, 9.17) is 4.74 Å². The van der Waals surface area contributed by atoms with Crippen LogP contribution in [-0.4, -0.2) is 17.9 Å². The van der Waals surface area contributed by atoms with Crippen molar-refractivity contribution in [3.05, 3.63) is 65.7 Å². The largest absolute Gasteiger partial charge is 0.481 e. The maximum absolute atomic E-state index is 12.0. The first kappa shape index (κ1) is 16.5. The molecule has 5 nitrogen and oxygen atoms in total. The molecule has 0 radical (unpaired) electrons. The number of hydrazine groups is 1. The van der Waals surface area contributed by atoms with Gasteiger partial charge in [0.05, 0.1) is 0 Å². The number of rotatable bonds is 5. The topological polar surface area (TPSA) is 67.4 Å². The molecule has 0 heterocycles. The van der Waals surface area contributed by atoms with Crippen molar-refractivity contribution in [3.8, 4) is 5.75 Å². The first-order valence-electron chi connectivity index (χ1n) is 7.51. The number of nitrogens with one attached hydrogen (secondary N) is 2. The molecule has 0 aliphatic heterocycles. The van der Waals surface area contributed by atoms with Gasteiger partial charge in [-0.3, -0.25) is 20.4 Å². The van der Waals surface area contributed by atoms with Gasteiger partial charge in [0.1, 0.15) is 5.75 Å². The van der Waals surface area contributed by atoms with Crippen molar-refractivity contribution < 1.29 is 14.3 Å². The lowest BCUT2D eigenvalue weighted by Crippen LogP contribution is -2.47. The van der Waals surface area contributed by atoms with Crippen molar-refractivity contribution in [3.63, 3.8) is 0 Å². The molecule has 2 rings (SSSR count). The first-order valence-corrected chi connectivity index (χ1v) is 7.51. The third kappa shape index (κ3) is 4.85. The Balaban J connectivity index is 1.83. The normalized spacial score (nSPS) is 11.4. The maximum Gasteiger partial charge on any atom is 0.279 e. The number of amides is 2. The molecule has 0 aromatic heterocycles. The van der Waals surface area contributed by atoms with Crippen molar-refractivity contribution in [1.29, 1.82) is 0 Å². The summed E-state index contributed by atoms with van der Waals surface area (Å²) in [7, 11) is 0. The van der Waals surface area contributed by atoms with Crippen LogP contribution in [-0.2, 0) is 11.2 Å².